The molecule has 3 amide bonds. The maximum Gasteiger partial charge on any atom is 0.319 e. The predicted molar refractivity (Wildman–Crippen MR) is 126 cm³/mol. The van der Waals surface area contributed by atoms with Crippen molar-refractivity contribution in [1.82, 2.24) is 20.5 Å². The smallest absolute Gasteiger partial charge is 0.319 e. The van der Waals surface area contributed by atoms with Crippen LogP contribution in [0.25, 0.3) is 0 Å². The van der Waals surface area contributed by atoms with Crippen molar-refractivity contribution in [2.24, 2.45) is 0 Å². The number of piperidine rings is 1. The zero-order chi connectivity index (χ0) is 22.2. The summed E-state index contributed by atoms with van der Waals surface area (Å²) in [5.74, 6) is -0.0383. The molecular weight excluding hydrogens is 402 g/mol. The summed E-state index contributed by atoms with van der Waals surface area (Å²) in [6, 6.07) is 11.5. The lowest BCUT2D eigenvalue weighted by Gasteiger charge is -2.32. The van der Waals surface area contributed by atoms with Crippen LogP contribution in [0.1, 0.15) is 54.4 Å². The van der Waals surface area contributed by atoms with Gasteiger partial charge in [-0.15, -0.1) is 0 Å². The second-order valence-electron chi connectivity index (χ2n) is 8.85. The minimum absolute atomic E-state index is 0.0383. The Bertz CT molecular complexity index is 873. The van der Waals surface area contributed by atoms with Crippen molar-refractivity contribution < 1.29 is 9.59 Å². The number of rotatable bonds is 7. The Morgan fingerprint density at radius 2 is 1.53 bits per heavy atom. The van der Waals surface area contributed by atoms with E-state index in [1.54, 1.807) is 24.3 Å². The van der Waals surface area contributed by atoms with E-state index in [1.807, 2.05) is 12.4 Å². The number of hydrogen-bond acceptors (Lipinski definition) is 4. The normalized spacial score (nSPS) is 17.8. The summed E-state index contributed by atoms with van der Waals surface area (Å²) < 4.78 is 0. The molecule has 0 unspecified atom stereocenters. The number of aromatic nitrogens is 1. The summed E-state index contributed by atoms with van der Waals surface area (Å²) >= 11 is 0. The second kappa shape index (κ2) is 11.1. The molecule has 2 aliphatic rings. The molecule has 0 spiro atoms. The van der Waals surface area contributed by atoms with Gasteiger partial charge in [-0.1, -0.05) is 12.8 Å². The highest BCUT2D eigenvalue weighted by Gasteiger charge is 2.21. The molecule has 3 N–H and O–H groups in total. The lowest BCUT2D eigenvalue weighted by molar-refractivity contribution is 0.0938. The van der Waals surface area contributed by atoms with Crippen molar-refractivity contribution in [1.29, 1.82) is 0 Å². The van der Waals surface area contributed by atoms with Crippen LogP contribution in [0, 0.1) is 0 Å². The fourth-order valence-electron chi connectivity index (χ4n) is 4.53. The Labute approximate surface area is 190 Å². The molecular formula is C25H33N5O2. The molecule has 7 nitrogen and oxygen atoms in total. The molecule has 2 aromatic rings. The molecule has 1 aromatic carbocycles. The van der Waals surface area contributed by atoms with Crippen LogP contribution in [-0.4, -0.2) is 53.5 Å². The molecule has 7 heteroatoms. The van der Waals surface area contributed by atoms with Crippen molar-refractivity contribution in [3.63, 3.8) is 0 Å². The Balaban J connectivity index is 1.16. The van der Waals surface area contributed by atoms with Gasteiger partial charge in [-0.05, 0) is 74.1 Å². The van der Waals surface area contributed by atoms with Gasteiger partial charge in [-0.2, -0.15) is 0 Å². The zero-order valence-corrected chi connectivity index (χ0v) is 18.6. The summed E-state index contributed by atoms with van der Waals surface area (Å²) in [4.78, 5) is 31.2. The third kappa shape index (κ3) is 6.53. The van der Waals surface area contributed by atoms with E-state index in [0.717, 1.165) is 51.7 Å². The van der Waals surface area contributed by atoms with E-state index in [9.17, 15) is 9.59 Å². The van der Waals surface area contributed by atoms with Gasteiger partial charge in [0.15, 0.2) is 0 Å². The van der Waals surface area contributed by atoms with E-state index in [-0.39, 0.29) is 18.0 Å². The quantitative estimate of drug-likeness (QED) is 0.620. The Hall–Kier alpha value is -2.93. The first-order valence-electron chi connectivity index (χ1n) is 11.8. The van der Waals surface area contributed by atoms with Crippen molar-refractivity contribution in [2.75, 3.05) is 25.0 Å². The van der Waals surface area contributed by atoms with E-state index in [1.165, 1.54) is 18.4 Å². The van der Waals surface area contributed by atoms with Crippen LogP contribution in [0.2, 0.25) is 0 Å². The van der Waals surface area contributed by atoms with Crippen molar-refractivity contribution in [2.45, 2.75) is 57.0 Å². The minimum Gasteiger partial charge on any atom is -0.349 e. The maximum absolute atomic E-state index is 12.4. The van der Waals surface area contributed by atoms with Crippen molar-refractivity contribution in [3.8, 4) is 0 Å². The molecule has 2 fully saturated rings. The molecule has 1 aliphatic carbocycles. The van der Waals surface area contributed by atoms with E-state index < -0.39 is 0 Å². The Morgan fingerprint density at radius 3 is 2.22 bits per heavy atom. The number of nitrogens with one attached hydrogen (secondary N) is 3. The van der Waals surface area contributed by atoms with Crippen molar-refractivity contribution >= 4 is 17.6 Å². The molecule has 32 heavy (non-hydrogen) atoms. The highest BCUT2D eigenvalue weighted by atomic mass is 16.2. The van der Waals surface area contributed by atoms with E-state index in [2.05, 4.69) is 38.0 Å². The predicted octanol–water partition coefficient (Wildman–Crippen LogP) is 3.58. The van der Waals surface area contributed by atoms with Gasteiger partial charge >= 0.3 is 6.03 Å². The highest BCUT2D eigenvalue weighted by Crippen LogP contribution is 2.18. The van der Waals surface area contributed by atoms with E-state index in [4.69, 9.17) is 0 Å². The van der Waals surface area contributed by atoms with Gasteiger partial charge in [0.2, 0.25) is 0 Å². The fraction of sp³-hybridized carbons (Fsp3) is 0.480. The topological polar surface area (TPSA) is 86.4 Å². The van der Waals surface area contributed by atoms with Gasteiger partial charge in [0, 0.05) is 55.4 Å². The van der Waals surface area contributed by atoms with Gasteiger partial charge < -0.3 is 20.9 Å². The van der Waals surface area contributed by atoms with Crippen LogP contribution in [0.15, 0.2) is 48.8 Å². The number of pyridine rings is 1. The molecule has 2 heterocycles. The van der Waals surface area contributed by atoms with Crippen LogP contribution >= 0.6 is 0 Å². The summed E-state index contributed by atoms with van der Waals surface area (Å²) in [5, 5.41) is 9.05. The molecule has 0 atom stereocenters. The average molecular weight is 436 g/mol. The first-order chi connectivity index (χ1) is 15.7. The number of likely N-dealkylation sites (tertiary alicyclic amines) is 1. The van der Waals surface area contributed by atoms with Crippen LogP contribution in [0.5, 0.6) is 0 Å². The standard InChI is InChI=1S/C25H33N5O2/c31-24(27-21-3-1-2-4-21)20-5-7-22(8-6-20)28-25(32)29-23-12-17-30(18-13-23)16-11-19-9-14-26-15-10-19/h5-10,14-15,21,23H,1-4,11-13,16-18H2,(H,27,31)(H2,28,29,32). The number of carbonyl (C=O) groups is 2. The molecule has 1 saturated heterocycles. The molecule has 0 bridgehead atoms. The Morgan fingerprint density at radius 1 is 0.875 bits per heavy atom. The average Bonchev–Trinajstić information content (AvgIpc) is 3.33. The number of nitrogens with zero attached hydrogens (tertiary/aromatic N) is 2. The first-order valence-corrected chi connectivity index (χ1v) is 11.8. The fourth-order valence-corrected chi connectivity index (χ4v) is 4.53. The van der Waals surface area contributed by atoms with Crippen LogP contribution in [0.4, 0.5) is 10.5 Å². The van der Waals surface area contributed by atoms with Gasteiger partial charge in [0.1, 0.15) is 0 Å². The van der Waals surface area contributed by atoms with Crippen LogP contribution < -0.4 is 16.0 Å². The van der Waals surface area contributed by atoms with Crippen LogP contribution in [0.3, 0.4) is 0 Å². The van der Waals surface area contributed by atoms with Gasteiger partial charge in [-0.25, -0.2) is 4.79 Å². The summed E-state index contributed by atoms with van der Waals surface area (Å²) in [5.41, 5.74) is 2.62. The van der Waals surface area contributed by atoms with E-state index in [0.29, 0.717) is 17.3 Å². The third-order valence-electron chi connectivity index (χ3n) is 6.48. The number of amides is 3. The minimum atomic E-state index is -0.191. The maximum atomic E-state index is 12.4. The molecule has 0 radical (unpaired) electrons. The second-order valence-corrected chi connectivity index (χ2v) is 8.85. The summed E-state index contributed by atoms with van der Waals surface area (Å²) in [6.45, 7) is 3.01. The molecule has 1 saturated carbocycles. The SMILES string of the molecule is O=C(Nc1ccc(C(=O)NC2CCCC2)cc1)NC1CCN(CCc2ccncc2)CC1. The number of urea groups is 1. The highest BCUT2D eigenvalue weighted by molar-refractivity contribution is 5.95. The monoisotopic (exact) mass is 435 g/mol. The van der Waals surface area contributed by atoms with Gasteiger partial charge in [0.05, 0.1) is 0 Å². The number of anilines is 1. The molecule has 1 aliphatic heterocycles. The lowest BCUT2D eigenvalue weighted by atomic mass is 10.0. The van der Waals surface area contributed by atoms with E-state index >= 15 is 0 Å². The molecule has 1 aromatic heterocycles. The first kappa shape index (κ1) is 22.3. The number of benzene rings is 1. The summed E-state index contributed by atoms with van der Waals surface area (Å²) in [7, 11) is 0. The molecule has 170 valence electrons. The largest absolute Gasteiger partial charge is 0.349 e. The summed E-state index contributed by atoms with van der Waals surface area (Å²) in [6.07, 6.45) is 11.1. The van der Waals surface area contributed by atoms with Gasteiger partial charge in [0.25, 0.3) is 5.91 Å². The lowest BCUT2D eigenvalue weighted by Crippen LogP contribution is -2.46. The van der Waals surface area contributed by atoms with Crippen LogP contribution in [-0.2, 0) is 6.42 Å². The zero-order valence-electron chi connectivity index (χ0n) is 18.6. The Kier molecular flexibility index (Phi) is 7.72. The number of carbonyl (C=O) groups excluding carboxylic acids is 2. The molecule has 4 rings (SSSR count). The third-order valence-corrected chi connectivity index (χ3v) is 6.48. The number of hydrogen-bond donors (Lipinski definition) is 3. The van der Waals surface area contributed by atoms with Gasteiger partial charge in [-0.3, -0.25) is 9.78 Å². The van der Waals surface area contributed by atoms with Crippen molar-refractivity contribution in [3.05, 3.63) is 59.9 Å².